The smallest absolute Gasteiger partial charge is 0.284 e. The fourth-order valence-corrected chi connectivity index (χ4v) is 5.93. The van der Waals surface area contributed by atoms with Gasteiger partial charge in [0.15, 0.2) is 0 Å². The number of nitrogens with zero attached hydrogens (tertiary/aromatic N) is 6. The van der Waals surface area contributed by atoms with E-state index in [9.17, 15) is 9.59 Å². The van der Waals surface area contributed by atoms with Crippen LogP contribution in [-0.4, -0.2) is 43.5 Å². The van der Waals surface area contributed by atoms with Gasteiger partial charge in [-0.05, 0) is 70.8 Å². The summed E-state index contributed by atoms with van der Waals surface area (Å²) in [6.07, 6.45) is 5.51. The molecule has 0 fully saturated rings. The minimum atomic E-state index is -0.284. The molecular formula is C25H20ClN7O3S. The molecule has 6 rings (SSSR count). The average molecular weight is 534 g/mol. The number of amides is 1. The largest absolute Gasteiger partial charge is 0.304 e. The number of benzene rings is 1. The zero-order chi connectivity index (χ0) is 25.5. The summed E-state index contributed by atoms with van der Waals surface area (Å²) in [6, 6.07) is 12.6. The second-order valence-electron chi connectivity index (χ2n) is 8.66. The molecule has 2 aliphatic heterocycles. The third kappa shape index (κ3) is 4.31. The number of aromatic nitrogens is 5. The van der Waals surface area contributed by atoms with E-state index in [2.05, 4.69) is 26.0 Å². The van der Waals surface area contributed by atoms with Crippen LogP contribution in [0.3, 0.4) is 0 Å². The molecule has 0 spiro atoms. The van der Waals surface area contributed by atoms with E-state index in [0.717, 1.165) is 51.5 Å². The molecule has 1 aromatic carbocycles. The van der Waals surface area contributed by atoms with Crippen LogP contribution in [0, 0.1) is 0 Å². The number of nitrogens with one attached hydrogen (secondary N) is 1. The summed E-state index contributed by atoms with van der Waals surface area (Å²) < 4.78 is 3.39. The zero-order valence-electron chi connectivity index (χ0n) is 19.6. The SMILES string of the molecule is CONC(=O)c1ccc(C2=CN=C([C@@H]3CCc4cc(-c5cc(Cl)ccc5-n5cnnn5)cc(=O)n43)C2)s1. The Balaban J connectivity index is 1.27. The molecular weight excluding hydrogens is 514 g/mol. The number of hydrogen-bond acceptors (Lipinski definition) is 8. The predicted molar refractivity (Wildman–Crippen MR) is 140 cm³/mol. The topological polar surface area (TPSA) is 116 Å². The molecule has 1 amide bonds. The first-order chi connectivity index (χ1) is 18.0. The fraction of sp³-hybridized carbons (Fsp3) is 0.200. The van der Waals surface area contributed by atoms with Crippen molar-refractivity contribution in [2.45, 2.75) is 25.3 Å². The number of carbonyl (C=O) groups excluding carboxylic acids is 1. The van der Waals surface area contributed by atoms with E-state index in [0.29, 0.717) is 16.3 Å². The van der Waals surface area contributed by atoms with Crippen LogP contribution in [-0.2, 0) is 11.3 Å². The van der Waals surface area contributed by atoms with Gasteiger partial charge < -0.3 is 4.57 Å². The van der Waals surface area contributed by atoms with E-state index in [1.54, 1.807) is 22.9 Å². The monoisotopic (exact) mass is 533 g/mol. The molecule has 0 radical (unpaired) electrons. The van der Waals surface area contributed by atoms with Crippen molar-refractivity contribution in [2.75, 3.05) is 7.11 Å². The average Bonchev–Trinajstić information content (AvgIpc) is 3.69. The van der Waals surface area contributed by atoms with Crippen molar-refractivity contribution in [3.63, 3.8) is 0 Å². The molecule has 37 heavy (non-hydrogen) atoms. The number of hydrogen-bond donors (Lipinski definition) is 1. The van der Waals surface area contributed by atoms with E-state index in [-0.39, 0.29) is 17.5 Å². The maximum Gasteiger partial charge on any atom is 0.284 e. The first-order valence-electron chi connectivity index (χ1n) is 11.5. The van der Waals surface area contributed by atoms with Crippen molar-refractivity contribution >= 4 is 40.1 Å². The molecule has 5 heterocycles. The van der Waals surface area contributed by atoms with Crippen LogP contribution in [0.15, 0.2) is 64.8 Å². The molecule has 0 saturated heterocycles. The molecule has 186 valence electrons. The van der Waals surface area contributed by atoms with Crippen LogP contribution in [0.4, 0.5) is 0 Å². The summed E-state index contributed by atoms with van der Waals surface area (Å²) in [7, 11) is 1.40. The molecule has 2 aliphatic rings. The van der Waals surface area contributed by atoms with Gasteiger partial charge in [-0.25, -0.2) is 5.48 Å². The summed E-state index contributed by atoms with van der Waals surface area (Å²) in [6.45, 7) is 0. The van der Waals surface area contributed by atoms with E-state index in [1.807, 2.05) is 35.0 Å². The van der Waals surface area contributed by atoms with Crippen molar-refractivity contribution in [1.82, 2.24) is 30.3 Å². The molecule has 0 bridgehead atoms. The Labute approximate surface area is 219 Å². The van der Waals surface area contributed by atoms with Crippen molar-refractivity contribution in [2.24, 2.45) is 4.99 Å². The number of aliphatic imine (C=N–C) groups is 1. The van der Waals surface area contributed by atoms with Crippen LogP contribution >= 0.6 is 22.9 Å². The highest BCUT2D eigenvalue weighted by molar-refractivity contribution is 7.15. The number of carbonyl (C=O) groups is 1. The molecule has 3 aromatic heterocycles. The van der Waals surface area contributed by atoms with Gasteiger partial charge in [-0.1, -0.05) is 11.6 Å². The summed E-state index contributed by atoms with van der Waals surface area (Å²) >= 11 is 7.68. The number of pyridine rings is 1. The lowest BCUT2D eigenvalue weighted by Crippen LogP contribution is -2.27. The standard InChI is InChI=1S/C25H20ClN7O3S/c1-36-29-25(35)23-7-6-22(37-23)15-9-19(27-12-15)21-5-3-17-8-14(10-24(34)33(17)21)18-11-16(26)2-4-20(18)32-13-28-30-31-32/h2,4,6-8,10-13,21H,3,5,9H2,1H3,(H,29,35)/t21-/m0/s1. The van der Waals surface area contributed by atoms with Gasteiger partial charge in [-0.2, -0.15) is 4.68 Å². The van der Waals surface area contributed by atoms with Gasteiger partial charge in [0.2, 0.25) is 0 Å². The quantitative estimate of drug-likeness (QED) is 0.376. The molecule has 1 N–H and O–H groups in total. The van der Waals surface area contributed by atoms with Crippen LogP contribution in [0.25, 0.3) is 22.4 Å². The van der Waals surface area contributed by atoms with E-state index < -0.39 is 0 Å². The van der Waals surface area contributed by atoms with Gasteiger partial charge in [-0.3, -0.25) is 19.4 Å². The second-order valence-corrected chi connectivity index (χ2v) is 10.2. The van der Waals surface area contributed by atoms with Crippen molar-refractivity contribution < 1.29 is 9.63 Å². The Bertz CT molecular complexity index is 1640. The number of aryl methyl sites for hydroxylation is 1. The van der Waals surface area contributed by atoms with Crippen LogP contribution < -0.4 is 11.0 Å². The van der Waals surface area contributed by atoms with Gasteiger partial charge in [0.25, 0.3) is 11.5 Å². The van der Waals surface area contributed by atoms with Crippen molar-refractivity contribution in [1.29, 1.82) is 0 Å². The third-order valence-electron chi connectivity index (χ3n) is 6.48. The molecule has 12 heteroatoms. The van der Waals surface area contributed by atoms with Gasteiger partial charge in [0.1, 0.15) is 6.33 Å². The summed E-state index contributed by atoms with van der Waals surface area (Å²) in [4.78, 5) is 36.3. The predicted octanol–water partition coefficient (Wildman–Crippen LogP) is 3.87. The Kier molecular flexibility index (Phi) is 6.03. The molecule has 0 unspecified atom stereocenters. The molecule has 0 aliphatic carbocycles. The van der Waals surface area contributed by atoms with Gasteiger partial charge in [0.05, 0.1) is 23.7 Å². The summed E-state index contributed by atoms with van der Waals surface area (Å²) in [5.41, 5.74) is 7.42. The maximum atomic E-state index is 13.4. The Hall–Kier alpha value is -3.93. The lowest BCUT2D eigenvalue weighted by atomic mass is 10.0. The normalized spacial score (nSPS) is 16.4. The van der Waals surface area contributed by atoms with E-state index in [4.69, 9.17) is 16.4 Å². The number of allylic oxidation sites excluding steroid dienone is 1. The summed E-state index contributed by atoms with van der Waals surface area (Å²) in [5, 5.41) is 12.0. The van der Waals surface area contributed by atoms with Crippen LogP contribution in [0.1, 0.15) is 39.1 Å². The zero-order valence-corrected chi connectivity index (χ0v) is 21.2. The lowest BCUT2D eigenvalue weighted by Gasteiger charge is -2.17. The Morgan fingerprint density at radius 1 is 1.22 bits per heavy atom. The van der Waals surface area contributed by atoms with Gasteiger partial charge >= 0.3 is 0 Å². The Morgan fingerprint density at radius 3 is 2.92 bits per heavy atom. The van der Waals surface area contributed by atoms with Crippen LogP contribution in [0.5, 0.6) is 0 Å². The molecule has 4 aromatic rings. The van der Waals surface area contributed by atoms with E-state index in [1.165, 1.54) is 24.8 Å². The first kappa shape index (κ1) is 23.5. The molecule has 1 atom stereocenters. The minimum absolute atomic E-state index is 0.0940. The van der Waals surface area contributed by atoms with Crippen molar-refractivity contribution in [3.8, 4) is 16.8 Å². The van der Waals surface area contributed by atoms with Gasteiger partial charge in [-0.15, -0.1) is 16.4 Å². The number of fused-ring (bicyclic) bond motifs is 1. The first-order valence-corrected chi connectivity index (χ1v) is 12.7. The Morgan fingerprint density at radius 2 is 2.11 bits per heavy atom. The summed E-state index contributed by atoms with van der Waals surface area (Å²) in [5.74, 6) is -0.284. The minimum Gasteiger partial charge on any atom is -0.304 e. The van der Waals surface area contributed by atoms with E-state index >= 15 is 0 Å². The number of thiophene rings is 1. The number of tetrazole rings is 1. The number of halogens is 1. The van der Waals surface area contributed by atoms with Crippen molar-refractivity contribution in [3.05, 3.63) is 85.8 Å². The number of rotatable bonds is 6. The third-order valence-corrected chi connectivity index (χ3v) is 7.88. The molecule has 10 nitrogen and oxygen atoms in total. The fourth-order valence-electron chi connectivity index (χ4n) is 4.85. The van der Waals surface area contributed by atoms with Gasteiger partial charge in [0, 0.05) is 45.6 Å². The molecule has 0 saturated carbocycles. The maximum absolute atomic E-state index is 13.4. The second kappa shape index (κ2) is 9.51. The highest BCUT2D eigenvalue weighted by Gasteiger charge is 2.30. The highest BCUT2D eigenvalue weighted by Crippen LogP contribution is 2.37. The number of hydroxylamine groups is 1. The lowest BCUT2D eigenvalue weighted by molar-refractivity contribution is 0.0542. The van der Waals surface area contributed by atoms with Crippen LogP contribution in [0.2, 0.25) is 5.02 Å². The highest BCUT2D eigenvalue weighted by atomic mass is 35.5.